The van der Waals surface area contributed by atoms with Crippen molar-refractivity contribution < 1.29 is 0 Å². The highest BCUT2D eigenvalue weighted by atomic mass is 127. The van der Waals surface area contributed by atoms with Gasteiger partial charge in [0.1, 0.15) is 0 Å². The zero-order valence-electron chi connectivity index (χ0n) is 9.87. The van der Waals surface area contributed by atoms with Crippen LogP contribution in [0.15, 0.2) is 40.0 Å². The standard InChI is InChI=1S/C15H14I2/c1-15(2)11-4-3-5-13(17)14(11)10-7-6-9(16)8-12(10)15/h3-8,11,14H,1-2H3. The van der Waals surface area contributed by atoms with Gasteiger partial charge in [0.2, 0.25) is 0 Å². The maximum Gasteiger partial charge on any atom is 0.0221 e. The Balaban J connectivity index is 2.25. The number of fused-ring (bicyclic) bond motifs is 3. The van der Waals surface area contributed by atoms with Gasteiger partial charge in [-0.2, -0.15) is 0 Å². The van der Waals surface area contributed by atoms with E-state index in [1.54, 1.807) is 0 Å². The molecule has 0 spiro atoms. The summed E-state index contributed by atoms with van der Waals surface area (Å²) in [6.45, 7) is 4.76. The first-order valence-corrected chi connectivity index (χ1v) is 8.01. The normalized spacial score (nSPS) is 28.6. The van der Waals surface area contributed by atoms with Crippen molar-refractivity contribution in [3.63, 3.8) is 0 Å². The van der Waals surface area contributed by atoms with Crippen LogP contribution in [0.2, 0.25) is 0 Å². The lowest BCUT2D eigenvalue weighted by Crippen LogP contribution is -2.25. The maximum absolute atomic E-state index is 2.50. The summed E-state index contributed by atoms with van der Waals surface area (Å²) in [6.07, 6.45) is 6.87. The lowest BCUT2D eigenvalue weighted by molar-refractivity contribution is 0.393. The molecule has 2 aliphatic carbocycles. The minimum Gasteiger partial charge on any atom is -0.0796 e. The molecule has 17 heavy (non-hydrogen) atoms. The number of halogens is 2. The smallest absolute Gasteiger partial charge is 0.0221 e. The monoisotopic (exact) mass is 448 g/mol. The first kappa shape index (κ1) is 12.2. The highest BCUT2D eigenvalue weighted by molar-refractivity contribution is 14.1. The second-order valence-electron chi connectivity index (χ2n) is 5.39. The minimum absolute atomic E-state index is 0.252. The van der Waals surface area contributed by atoms with E-state index in [0.717, 1.165) is 0 Å². The molecule has 0 saturated carbocycles. The molecule has 0 aromatic heterocycles. The van der Waals surface area contributed by atoms with Crippen LogP contribution in [0.1, 0.15) is 30.9 Å². The van der Waals surface area contributed by atoms with Crippen LogP contribution < -0.4 is 0 Å². The van der Waals surface area contributed by atoms with E-state index in [1.165, 1.54) is 18.3 Å². The van der Waals surface area contributed by atoms with Gasteiger partial charge in [0.25, 0.3) is 0 Å². The first-order valence-electron chi connectivity index (χ1n) is 5.85. The third-order valence-electron chi connectivity index (χ3n) is 4.11. The van der Waals surface area contributed by atoms with Gasteiger partial charge in [0.05, 0.1) is 0 Å². The number of benzene rings is 1. The first-order chi connectivity index (χ1) is 8.01. The molecule has 0 bridgehead atoms. The fraction of sp³-hybridized carbons (Fsp3) is 0.333. The topological polar surface area (TPSA) is 0 Å². The van der Waals surface area contributed by atoms with E-state index in [1.807, 2.05) is 0 Å². The summed E-state index contributed by atoms with van der Waals surface area (Å²) in [4.78, 5) is 0. The van der Waals surface area contributed by atoms with E-state index in [9.17, 15) is 0 Å². The largest absolute Gasteiger partial charge is 0.0796 e. The lowest BCUT2D eigenvalue weighted by atomic mass is 9.74. The molecule has 0 saturated heterocycles. The van der Waals surface area contributed by atoms with E-state index in [0.29, 0.717) is 11.8 Å². The Labute approximate surface area is 130 Å². The summed E-state index contributed by atoms with van der Waals surface area (Å²) in [7, 11) is 0. The number of hydrogen-bond acceptors (Lipinski definition) is 0. The Bertz CT molecular complexity index is 538. The fourth-order valence-corrected chi connectivity index (χ4v) is 4.61. The van der Waals surface area contributed by atoms with Gasteiger partial charge in [0, 0.05) is 9.49 Å². The van der Waals surface area contributed by atoms with Crippen LogP contribution in [-0.2, 0) is 5.41 Å². The summed E-state index contributed by atoms with van der Waals surface area (Å²) in [5.74, 6) is 1.20. The third-order valence-corrected chi connectivity index (χ3v) is 5.81. The van der Waals surface area contributed by atoms with Crippen molar-refractivity contribution >= 4 is 45.2 Å². The number of rotatable bonds is 0. The Morgan fingerprint density at radius 1 is 1.18 bits per heavy atom. The molecular weight excluding hydrogens is 434 g/mol. The quantitative estimate of drug-likeness (QED) is 0.481. The van der Waals surface area contributed by atoms with Crippen LogP contribution in [0.25, 0.3) is 0 Å². The zero-order chi connectivity index (χ0) is 12.2. The molecule has 0 amide bonds. The number of hydrogen-bond donors (Lipinski definition) is 0. The van der Waals surface area contributed by atoms with E-state index in [-0.39, 0.29) is 5.41 Å². The molecule has 0 fully saturated rings. The van der Waals surface area contributed by atoms with Crippen molar-refractivity contribution in [1.82, 2.24) is 0 Å². The maximum atomic E-state index is 2.50. The van der Waals surface area contributed by atoms with Gasteiger partial charge >= 0.3 is 0 Å². The van der Waals surface area contributed by atoms with Crippen molar-refractivity contribution in [2.75, 3.05) is 0 Å². The van der Waals surface area contributed by atoms with Crippen molar-refractivity contribution in [2.45, 2.75) is 25.2 Å². The second-order valence-corrected chi connectivity index (χ2v) is 7.88. The van der Waals surface area contributed by atoms with Crippen molar-refractivity contribution in [1.29, 1.82) is 0 Å². The van der Waals surface area contributed by atoms with Gasteiger partial charge in [-0.25, -0.2) is 0 Å². The van der Waals surface area contributed by atoms with Gasteiger partial charge in [0.15, 0.2) is 0 Å². The zero-order valence-corrected chi connectivity index (χ0v) is 14.2. The molecule has 0 N–H and O–H groups in total. The summed E-state index contributed by atoms with van der Waals surface area (Å²) in [6, 6.07) is 6.93. The molecule has 2 heteroatoms. The van der Waals surface area contributed by atoms with Gasteiger partial charge in [-0.15, -0.1) is 0 Å². The van der Waals surface area contributed by atoms with Crippen LogP contribution >= 0.6 is 45.2 Å². The summed E-state index contributed by atoms with van der Waals surface area (Å²) >= 11 is 4.92. The lowest BCUT2D eigenvalue weighted by Gasteiger charge is -2.30. The molecule has 88 valence electrons. The van der Waals surface area contributed by atoms with Gasteiger partial charge in [-0.3, -0.25) is 0 Å². The van der Waals surface area contributed by atoms with Crippen LogP contribution in [0.3, 0.4) is 0 Å². The van der Waals surface area contributed by atoms with E-state index >= 15 is 0 Å². The fourth-order valence-electron chi connectivity index (χ4n) is 3.19. The molecular formula is C15H14I2. The molecule has 0 radical (unpaired) electrons. The molecule has 3 rings (SSSR count). The predicted octanol–water partition coefficient (Wildman–Crippen LogP) is 5.17. The summed E-state index contributed by atoms with van der Waals surface area (Å²) < 4.78 is 2.82. The molecule has 2 unspecified atom stereocenters. The van der Waals surface area contributed by atoms with Crippen LogP contribution in [-0.4, -0.2) is 0 Å². The van der Waals surface area contributed by atoms with Crippen LogP contribution in [0.4, 0.5) is 0 Å². The van der Waals surface area contributed by atoms with Crippen LogP contribution in [0, 0.1) is 9.49 Å². The summed E-state index contributed by atoms with van der Waals surface area (Å²) in [5.41, 5.74) is 3.32. The molecule has 0 nitrogen and oxygen atoms in total. The summed E-state index contributed by atoms with van der Waals surface area (Å²) in [5, 5.41) is 0. The van der Waals surface area contributed by atoms with Crippen molar-refractivity contribution in [3.05, 3.63) is 54.7 Å². The predicted molar refractivity (Wildman–Crippen MR) is 89.7 cm³/mol. The average molecular weight is 448 g/mol. The highest BCUT2D eigenvalue weighted by Crippen LogP contribution is 2.56. The highest BCUT2D eigenvalue weighted by Gasteiger charge is 2.46. The van der Waals surface area contributed by atoms with E-state index in [4.69, 9.17) is 0 Å². The van der Waals surface area contributed by atoms with Crippen molar-refractivity contribution in [2.24, 2.45) is 5.92 Å². The van der Waals surface area contributed by atoms with Gasteiger partial charge in [-0.1, -0.05) is 38.1 Å². The SMILES string of the molecule is CC1(C)c2cc(I)ccc2C2C(I)=CC=CC21. The molecule has 1 aromatic rings. The second kappa shape index (κ2) is 4.08. The van der Waals surface area contributed by atoms with Crippen LogP contribution in [0.5, 0.6) is 0 Å². The van der Waals surface area contributed by atoms with Gasteiger partial charge in [-0.05, 0) is 83.4 Å². The Morgan fingerprint density at radius 2 is 1.94 bits per heavy atom. The Kier molecular flexibility index (Phi) is 2.93. The van der Waals surface area contributed by atoms with E-state index < -0.39 is 0 Å². The Hall–Kier alpha value is 0.160. The Morgan fingerprint density at radius 3 is 2.71 bits per heavy atom. The van der Waals surface area contributed by atoms with Gasteiger partial charge < -0.3 is 0 Å². The molecule has 2 atom stereocenters. The minimum atomic E-state index is 0.252. The third kappa shape index (κ3) is 1.74. The van der Waals surface area contributed by atoms with Crippen molar-refractivity contribution in [3.8, 4) is 0 Å². The molecule has 0 heterocycles. The number of allylic oxidation sites excluding steroid dienone is 4. The van der Waals surface area contributed by atoms with E-state index in [2.05, 4.69) is 95.5 Å². The molecule has 0 aliphatic heterocycles. The average Bonchev–Trinajstić information content (AvgIpc) is 2.50. The molecule has 1 aromatic carbocycles. The molecule has 2 aliphatic rings.